The normalized spacial score (nSPS) is 12.2. The predicted octanol–water partition coefficient (Wildman–Crippen LogP) is -0.728. The fourth-order valence-corrected chi connectivity index (χ4v) is 0.799. The molecular weight excluding hydrogens is 173 g/mol. The number of hydrogen-bond acceptors (Lipinski definition) is 5. The van der Waals surface area contributed by atoms with Crippen molar-refractivity contribution in [1.29, 1.82) is 0 Å². The molecule has 5 nitrogen and oxygen atoms in total. The lowest BCUT2D eigenvalue weighted by Gasteiger charge is -2.10. The third-order valence-electron chi connectivity index (χ3n) is 1.57. The number of nitrogens with two attached hydrogens (primary N) is 1. The highest BCUT2D eigenvalue weighted by molar-refractivity contribution is 6.29. The van der Waals surface area contributed by atoms with E-state index in [0.29, 0.717) is 6.42 Å². The van der Waals surface area contributed by atoms with E-state index in [9.17, 15) is 4.79 Å². The molecule has 0 heterocycles. The highest BCUT2D eigenvalue weighted by Crippen LogP contribution is 2.11. The molecule has 0 aliphatic carbocycles. The number of hydrogen-bond donors (Lipinski definition) is 2. The summed E-state index contributed by atoms with van der Waals surface area (Å²) in [6.45, 7) is 0.0196. The molecule has 0 spiro atoms. The van der Waals surface area contributed by atoms with Crippen LogP contribution in [0.15, 0.2) is 0 Å². The topological polar surface area (TPSA) is 81.8 Å². The van der Waals surface area contributed by atoms with Crippen molar-refractivity contribution in [3.05, 3.63) is 0 Å². The predicted molar refractivity (Wildman–Crippen MR) is 48.0 cm³/mol. The molecule has 0 amide bonds. The van der Waals surface area contributed by atoms with Crippen LogP contribution in [0, 0.1) is 0 Å². The van der Waals surface area contributed by atoms with Crippen molar-refractivity contribution in [3.63, 3.8) is 0 Å². The molecule has 0 bridgehead atoms. The maximum atomic E-state index is 10.7. The first-order valence-corrected chi connectivity index (χ1v) is 4.07. The summed E-state index contributed by atoms with van der Waals surface area (Å²) in [6.07, 6.45) is 0.773. The standard InChI is InChI=1S/C7H15BNO4/c1-12-7(11)3-2-6(4-10)8-13-5-9/h6,10H,2-5,9H2,1H3. The van der Waals surface area contributed by atoms with Crippen molar-refractivity contribution in [2.24, 2.45) is 5.73 Å². The lowest BCUT2D eigenvalue weighted by molar-refractivity contribution is -0.140. The molecule has 0 aliphatic heterocycles. The largest absolute Gasteiger partial charge is 0.469 e. The molecular formula is C7H15BNO4. The fourth-order valence-electron chi connectivity index (χ4n) is 0.799. The van der Waals surface area contributed by atoms with Gasteiger partial charge < -0.3 is 20.2 Å². The van der Waals surface area contributed by atoms with E-state index in [1.165, 1.54) is 14.6 Å². The Morgan fingerprint density at radius 2 is 2.38 bits per heavy atom. The van der Waals surface area contributed by atoms with Gasteiger partial charge in [-0.3, -0.25) is 4.79 Å². The number of aliphatic hydroxyl groups is 1. The number of carbonyl (C=O) groups excluding carboxylic acids is 1. The summed E-state index contributed by atoms with van der Waals surface area (Å²) in [5, 5.41) is 8.83. The van der Waals surface area contributed by atoms with Gasteiger partial charge in [0.1, 0.15) is 0 Å². The molecule has 0 saturated carbocycles. The first kappa shape index (κ1) is 12.4. The average molecular weight is 188 g/mol. The molecule has 0 aromatic heterocycles. The maximum Gasteiger partial charge on any atom is 0.305 e. The second-order valence-electron chi connectivity index (χ2n) is 2.53. The third-order valence-corrected chi connectivity index (χ3v) is 1.57. The van der Waals surface area contributed by atoms with Crippen molar-refractivity contribution in [1.82, 2.24) is 0 Å². The van der Waals surface area contributed by atoms with Crippen molar-refractivity contribution < 1.29 is 19.3 Å². The molecule has 0 aliphatic rings. The Bertz CT molecular complexity index is 144. The van der Waals surface area contributed by atoms with Crippen molar-refractivity contribution in [2.45, 2.75) is 18.7 Å². The summed E-state index contributed by atoms with van der Waals surface area (Å²) < 4.78 is 9.24. The molecule has 0 aromatic carbocycles. The number of aliphatic hydroxyl groups excluding tert-OH is 1. The van der Waals surface area contributed by atoms with E-state index in [2.05, 4.69) is 4.74 Å². The van der Waals surface area contributed by atoms with Gasteiger partial charge in [0, 0.05) is 13.0 Å². The summed E-state index contributed by atoms with van der Waals surface area (Å²) in [4.78, 5) is 10.7. The lowest BCUT2D eigenvalue weighted by atomic mass is 9.77. The number of ether oxygens (including phenoxy) is 1. The van der Waals surface area contributed by atoms with Crippen LogP contribution in [0.1, 0.15) is 12.8 Å². The monoisotopic (exact) mass is 188 g/mol. The highest BCUT2D eigenvalue weighted by atomic mass is 16.5. The van der Waals surface area contributed by atoms with E-state index in [0.717, 1.165) is 0 Å². The van der Waals surface area contributed by atoms with Crippen molar-refractivity contribution >= 4 is 13.5 Å². The minimum Gasteiger partial charge on any atom is -0.469 e. The summed E-state index contributed by atoms with van der Waals surface area (Å²) in [6, 6.07) is 0. The van der Waals surface area contributed by atoms with E-state index in [4.69, 9.17) is 15.5 Å². The van der Waals surface area contributed by atoms with Gasteiger partial charge in [0.05, 0.1) is 13.8 Å². The molecule has 1 radical (unpaired) electrons. The van der Waals surface area contributed by atoms with E-state index in [1.54, 1.807) is 0 Å². The summed E-state index contributed by atoms with van der Waals surface area (Å²) >= 11 is 0. The van der Waals surface area contributed by atoms with Gasteiger partial charge in [-0.25, -0.2) is 0 Å². The average Bonchev–Trinajstić information content (AvgIpc) is 2.17. The van der Waals surface area contributed by atoms with Crippen LogP contribution in [0.25, 0.3) is 0 Å². The summed E-state index contributed by atoms with van der Waals surface area (Å²) in [5.41, 5.74) is 5.09. The fraction of sp³-hybridized carbons (Fsp3) is 0.857. The number of rotatable bonds is 7. The van der Waals surface area contributed by atoms with Gasteiger partial charge in [-0.1, -0.05) is 0 Å². The molecule has 6 heteroatoms. The van der Waals surface area contributed by atoms with E-state index < -0.39 is 0 Å². The Morgan fingerprint density at radius 3 is 2.85 bits per heavy atom. The first-order chi connectivity index (χ1) is 6.24. The molecule has 13 heavy (non-hydrogen) atoms. The summed E-state index contributed by atoms with van der Waals surface area (Å²) in [5.74, 6) is -0.456. The molecule has 0 fully saturated rings. The van der Waals surface area contributed by atoms with Gasteiger partial charge in [-0.15, -0.1) is 0 Å². The zero-order valence-electron chi connectivity index (χ0n) is 7.73. The zero-order chi connectivity index (χ0) is 10.1. The Labute approximate surface area is 78.5 Å². The maximum absolute atomic E-state index is 10.7. The van der Waals surface area contributed by atoms with Gasteiger partial charge >= 0.3 is 5.97 Å². The molecule has 75 valence electrons. The zero-order valence-corrected chi connectivity index (χ0v) is 7.73. The molecule has 0 saturated heterocycles. The minimum atomic E-state index is -0.292. The molecule has 0 aromatic rings. The highest BCUT2D eigenvalue weighted by Gasteiger charge is 2.12. The van der Waals surface area contributed by atoms with Crippen LogP contribution in [0.5, 0.6) is 0 Å². The molecule has 3 N–H and O–H groups in total. The second-order valence-corrected chi connectivity index (χ2v) is 2.53. The van der Waals surface area contributed by atoms with Gasteiger partial charge in [-0.05, 0) is 12.2 Å². The quantitative estimate of drug-likeness (QED) is 0.312. The first-order valence-electron chi connectivity index (χ1n) is 4.07. The van der Waals surface area contributed by atoms with Crippen LogP contribution in [0.4, 0.5) is 0 Å². The molecule has 0 rings (SSSR count). The van der Waals surface area contributed by atoms with Crippen LogP contribution < -0.4 is 5.73 Å². The van der Waals surface area contributed by atoms with E-state index >= 15 is 0 Å². The number of carbonyl (C=O) groups is 1. The second kappa shape index (κ2) is 8.03. The van der Waals surface area contributed by atoms with Gasteiger partial charge in [-0.2, -0.15) is 0 Å². The van der Waals surface area contributed by atoms with Crippen molar-refractivity contribution in [2.75, 3.05) is 20.4 Å². The number of methoxy groups -OCH3 is 1. The van der Waals surface area contributed by atoms with Crippen LogP contribution >= 0.6 is 0 Å². The van der Waals surface area contributed by atoms with Crippen molar-refractivity contribution in [3.8, 4) is 0 Å². The molecule has 1 atom stereocenters. The summed E-state index contributed by atoms with van der Waals surface area (Å²) in [7, 11) is 2.78. The number of esters is 1. The Balaban J connectivity index is 3.52. The van der Waals surface area contributed by atoms with Crippen LogP contribution in [0.2, 0.25) is 5.82 Å². The van der Waals surface area contributed by atoms with Crippen LogP contribution in [-0.4, -0.2) is 39.0 Å². The minimum absolute atomic E-state index is 0.0585. The Kier molecular flexibility index (Phi) is 7.67. The Morgan fingerprint density at radius 1 is 1.69 bits per heavy atom. The Hall–Kier alpha value is -0.585. The van der Waals surface area contributed by atoms with E-state index in [1.807, 2.05) is 0 Å². The molecule has 1 unspecified atom stereocenters. The van der Waals surface area contributed by atoms with E-state index in [-0.39, 0.29) is 31.5 Å². The van der Waals surface area contributed by atoms with Crippen LogP contribution in [-0.2, 0) is 14.2 Å². The third kappa shape index (κ3) is 6.56. The SMILES string of the molecule is COC(=O)CCC([B]OCN)CO. The van der Waals surface area contributed by atoms with Gasteiger partial charge in [0.25, 0.3) is 7.48 Å². The lowest BCUT2D eigenvalue weighted by Crippen LogP contribution is -2.17. The van der Waals surface area contributed by atoms with Gasteiger partial charge in [0.2, 0.25) is 0 Å². The van der Waals surface area contributed by atoms with Gasteiger partial charge in [0.15, 0.2) is 0 Å². The van der Waals surface area contributed by atoms with Crippen LogP contribution in [0.3, 0.4) is 0 Å². The smallest absolute Gasteiger partial charge is 0.305 e.